The molecule has 3 aromatic rings. The minimum atomic E-state index is -4.35. The molecular formula is C24H22F3N3O2. The largest absolute Gasteiger partial charge is 0.416 e. The molecule has 1 atom stereocenters. The quantitative estimate of drug-likeness (QED) is 0.656. The average molecular weight is 441 g/mol. The van der Waals surface area contributed by atoms with Gasteiger partial charge in [-0.15, -0.1) is 0 Å². The van der Waals surface area contributed by atoms with Crippen molar-refractivity contribution in [3.8, 4) is 0 Å². The van der Waals surface area contributed by atoms with Gasteiger partial charge in [-0.1, -0.05) is 12.1 Å². The van der Waals surface area contributed by atoms with Crippen LogP contribution in [0.4, 0.5) is 13.2 Å². The highest BCUT2D eigenvalue weighted by molar-refractivity contribution is 5.94. The summed E-state index contributed by atoms with van der Waals surface area (Å²) in [4.78, 5) is 32.8. The molecule has 0 spiro atoms. The van der Waals surface area contributed by atoms with Crippen LogP contribution in [0.15, 0.2) is 59.5 Å². The lowest BCUT2D eigenvalue weighted by atomic mass is 9.98. The van der Waals surface area contributed by atoms with Crippen molar-refractivity contribution in [3.63, 3.8) is 0 Å². The van der Waals surface area contributed by atoms with Crippen LogP contribution in [0.2, 0.25) is 0 Å². The molecule has 1 aliphatic rings. The third kappa shape index (κ3) is 4.90. The molecule has 1 N–H and O–H groups in total. The Bertz CT molecular complexity index is 1170. The second-order valence-corrected chi connectivity index (χ2v) is 8.09. The summed E-state index contributed by atoms with van der Waals surface area (Å²) in [6.45, 7) is 3.00. The number of halogens is 3. The first-order valence-corrected chi connectivity index (χ1v) is 10.3. The second kappa shape index (κ2) is 8.61. The molecule has 166 valence electrons. The van der Waals surface area contributed by atoms with Gasteiger partial charge >= 0.3 is 6.18 Å². The van der Waals surface area contributed by atoms with Crippen molar-refractivity contribution in [1.82, 2.24) is 14.9 Å². The zero-order valence-electron chi connectivity index (χ0n) is 17.4. The van der Waals surface area contributed by atoms with Gasteiger partial charge in [0.2, 0.25) is 5.56 Å². The van der Waals surface area contributed by atoms with Crippen molar-refractivity contribution in [2.24, 2.45) is 0 Å². The number of aromatic nitrogens is 2. The topological polar surface area (TPSA) is 66.1 Å². The lowest BCUT2D eigenvalue weighted by Gasteiger charge is -2.17. The van der Waals surface area contributed by atoms with E-state index >= 15 is 0 Å². The van der Waals surface area contributed by atoms with Crippen LogP contribution in [0.5, 0.6) is 0 Å². The van der Waals surface area contributed by atoms with E-state index in [9.17, 15) is 22.8 Å². The highest BCUT2D eigenvalue weighted by Gasteiger charge is 2.30. The van der Waals surface area contributed by atoms with Gasteiger partial charge in [-0.25, -0.2) is 0 Å². The molecule has 0 radical (unpaired) electrons. The lowest BCUT2D eigenvalue weighted by Crippen LogP contribution is -2.29. The molecule has 1 saturated heterocycles. The van der Waals surface area contributed by atoms with E-state index in [1.807, 2.05) is 19.1 Å². The molecule has 4 rings (SSSR count). The Kier molecular flexibility index (Phi) is 5.86. The summed E-state index contributed by atoms with van der Waals surface area (Å²) in [5.41, 5.74) is 2.98. The number of carbonyl (C=O) groups is 1. The van der Waals surface area contributed by atoms with Crippen LogP contribution in [0.25, 0.3) is 0 Å². The van der Waals surface area contributed by atoms with E-state index in [-0.39, 0.29) is 17.4 Å². The fraction of sp³-hybridized carbons (Fsp3) is 0.292. The average Bonchev–Trinajstić information content (AvgIpc) is 3.23. The summed E-state index contributed by atoms with van der Waals surface area (Å²) in [7, 11) is 0. The molecule has 3 heterocycles. The SMILES string of the molecule is Cc1cc(Cc2ccc(C(F)(F)F)cc2)cc([C@H]2CCN(C(=O)c3ccc(=O)[nH]c3)C2)n1. The van der Waals surface area contributed by atoms with Gasteiger partial charge in [0.05, 0.1) is 11.1 Å². The van der Waals surface area contributed by atoms with E-state index in [1.165, 1.54) is 30.5 Å². The van der Waals surface area contributed by atoms with Crippen LogP contribution in [0, 0.1) is 6.92 Å². The second-order valence-electron chi connectivity index (χ2n) is 8.09. The Morgan fingerprint density at radius 1 is 1.12 bits per heavy atom. The molecule has 1 aliphatic heterocycles. The summed E-state index contributed by atoms with van der Waals surface area (Å²) in [5.74, 6) is -0.0608. The number of hydrogen-bond acceptors (Lipinski definition) is 3. The molecule has 8 heteroatoms. The van der Waals surface area contributed by atoms with Crippen molar-refractivity contribution in [2.75, 3.05) is 13.1 Å². The van der Waals surface area contributed by atoms with E-state index in [4.69, 9.17) is 0 Å². The van der Waals surface area contributed by atoms with Gasteiger partial charge in [0.1, 0.15) is 0 Å². The maximum Gasteiger partial charge on any atom is 0.416 e. The van der Waals surface area contributed by atoms with E-state index < -0.39 is 11.7 Å². The number of benzene rings is 1. The monoisotopic (exact) mass is 441 g/mol. The predicted molar refractivity (Wildman–Crippen MR) is 114 cm³/mol. The van der Waals surface area contributed by atoms with Crippen molar-refractivity contribution in [1.29, 1.82) is 0 Å². The van der Waals surface area contributed by atoms with E-state index in [0.29, 0.717) is 25.1 Å². The summed E-state index contributed by atoms with van der Waals surface area (Å²) < 4.78 is 38.4. The summed E-state index contributed by atoms with van der Waals surface area (Å²) in [5, 5.41) is 0. The van der Waals surface area contributed by atoms with Gasteiger partial charge in [-0.3, -0.25) is 14.6 Å². The number of nitrogens with zero attached hydrogens (tertiary/aromatic N) is 2. The van der Waals surface area contributed by atoms with Crippen molar-refractivity contribution in [2.45, 2.75) is 31.9 Å². The van der Waals surface area contributed by atoms with Crippen LogP contribution in [0.1, 0.15) is 50.8 Å². The van der Waals surface area contributed by atoms with E-state index in [1.54, 1.807) is 4.90 Å². The number of H-pyrrole nitrogens is 1. The molecule has 0 bridgehead atoms. The minimum absolute atomic E-state index is 0.0768. The lowest BCUT2D eigenvalue weighted by molar-refractivity contribution is -0.137. The Morgan fingerprint density at radius 2 is 1.88 bits per heavy atom. The van der Waals surface area contributed by atoms with Gasteiger partial charge in [0.25, 0.3) is 5.91 Å². The molecule has 2 aromatic heterocycles. The maximum absolute atomic E-state index is 12.8. The highest BCUT2D eigenvalue weighted by Crippen LogP contribution is 2.30. The third-order valence-electron chi connectivity index (χ3n) is 5.65. The first-order valence-electron chi connectivity index (χ1n) is 10.3. The normalized spacial score (nSPS) is 16.4. The number of hydrogen-bond donors (Lipinski definition) is 1. The summed E-state index contributed by atoms with van der Waals surface area (Å²) >= 11 is 0. The van der Waals surface area contributed by atoms with Crippen molar-refractivity contribution < 1.29 is 18.0 Å². The van der Waals surface area contributed by atoms with Crippen LogP contribution in [0.3, 0.4) is 0 Å². The van der Waals surface area contributed by atoms with Gasteiger partial charge in [0, 0.05) is 42.7 Å². The zero-order chi connectivity index (χ0) is 22.9. The molecule has 1 amide bonds. The van der Waals surface area contributed by atoms with Crippen molar-refractivity contribution >= 4 is 5.91 Å². The van der Waals surface area contributed by atoms with Crippen LogP contribution >= 0.6 is 0 Å². The Balaban J connectivity index is 1.47. The first-order chi connectivity index (χ1) is 15.2. The molecule has 0 aliphatic carbocycles. The summed E-state index contributed by atoms with van der Waals surface area (Å²) in [6.07, 6.45) is -1.66. The fourth-order valence-corrected chi connectivity index (χ4v) is 4.04. The highest BCUT2D eigenvalue weighted by atomic mass is 19.4. The van der Waals surface area contributed by atoms with Crippen LogP contribution in [-0.4, -0.2) is 33.9 Å². The zero-order valence-corrected chi connectivity index (χ0v) is 17.4. The number of likely N-dealkylation sites (tertiary alicyclic amines) is 1. The number of nitrogens with one attached hydrogen (secondary N) is 1. The van der Waals surface area contributed by atoms with E-state index in [2.05, 4.69) is 9.97 Å². The predicted octanol–water partition coefficient (Wildman–Crippen LogP) is 4.32. The number of aryl methyl sites for hydroxylation is 1. The molecule has 1 aromatic carbocycles. The Labute approximate surface area is 182 Å². The molecule has 0 saturated carbocycles. The number of amides is 1. The van der Waals surface area contributed by atoms with Crippen LogP contribution in [-0.2, 0) is 12.6 Å². The van der Waals surface area contributed by atoms with Gasteiger partial charge < -0.3 is 9.88 Å². The van der Waals surface area contributed by atoms with Crippen LogP contribution < -0.4 is 5.56 Å². The number of rotatable bonds is 4. The van der Waals surface area contributed by atoms with E-state index in [0.717, 1.165) is 41.1 Å². The molecular weight excluding hydrogens is 419 g/mol. The first kappa shape index (κ1) is 21.8. The number of pyridine rings is 2. The number of carbonyl (C=O) groups excluding carboxylic acids is 1. The molecule has 5 nitrogen and oxygen atoms in total. The smallest absolute Gasteiger partial charge is 0.338 e. The maximum atomic E-state index is 12.8. The number of alkyl halides is 3. The van der Waals surface area contributed by atoms with Crippen molar-refractivity contribution in [3.05, 3.63) is 98.7 Å². The molecule has 1 fully saturated rings. The standard InChI is InChI=1S/C24H22F3N3O2/c1-15-10-17(11-16-2-5-20(6-3-16)24(25,26)27)12-21(29-15)19-8-9-30(14-19)23(32)18-4-7-22(31)28-13-18/h2-7,10,12-13,19H,8-9,11,14H2,1H3,(H,28,31)/t19-/m0/s1. The third-order valence-corrected chi connectivity index (χ3v) is 5.65. The summed E-state index contributed by atoms with van der Waals surface area (Å²) in [6, 6.07) is 11.9. The molecule has 0 unspecified atom stereocenters. The Hall–Kier alpha value is -3.42. The molecule has 32 heavy (non-hydrogen) atoms. The minimum Gasteiger partial charge on any atom is -0.338 e. The number of aromatic amines is 1. The fourth-order valence-electron chi connectivity index (χ4n) is 4.04. The van der Waals surface area contributed by atoms with Gasteiger partial charge in [0.15, 0.2) is 0 Å². The van der Waals surface area contributed by atoms with Gasteiger partial charge in [-0.05, 0) is 61.2 Å². The Morgan fingerprint density at radius 3 is 2.53 bits per heavy atom. The van der Waals surface area contributed by atoms with Gasteiger partial charge in [-0.2, -0.15) is 13.2 Å².